The van der Waals surface area contributed by atoms with Crippen LogP contribution >= 0.6 is 11.6 Å². The van der Waals surface area contributed by atoms with Gasteiger partial charge in [-0.3, -0.25) is 0 Å². The summed E-state index contributed by atoms with van der Waals surface area (Å²) in [4.78, 5) is 5.48. The van der Waals surface area contributed by atoms with E-state index in [-0.39, 0.29) is 6.10 Å². The van der Waals surface area contributed by atoms with Crippen molar-refractivity contribution in [3.05, 3.63) is 70.7 Å². The molecule has 0 fully saturated rings. The summed E-state index contributed by atoms with van der Waals surface area (Å²) in [6, 6.07) is 18.1. The summed E-state index contributed by atoms with van der Waals surface area (Å²) in [5, 5.41) is 8.29. The molecule has 3 rings (SSSR count). The van der Waals surface area contributed by atoms with Crippen molar-refractivity contribution < 1.29 is 4.84 Å². The maximum absolute atomic E-state index is 6.18. The van der Waals surface area contributed by atoms with Gasteiger partial charge in [-0.05, 0) is 11.6 Å². The van der Waals surface area contributed by atoms with Gasteiger partial charge in [0.25, 0.3) is 0 Å². The number of nitrogens with zero attached hydrogens (tertiary/aromatic N) is 1. The zero-order chi connectivity index (χ0) is 14.5. The molecule has 0 spiro atoms. The molecule has 1 aliphatic heterocycles. The Balaban J connectivity index is 1.49. The predicted octanol–water partition coefficient (Wildman–Crippen LogP) is 3.62. The average Bonchev–Trinajstić information content (AvgIpc) is 2.97. The zero-order valence-electron chi connectivity index (χ0n) is 11.6. The molecule has 108 valence electrons. The largest absolute Gasteiger partial charge is 0.390 e. The van der Waals surface area contributed by atoms with Crippen LogP contribution in [0.25, 0.3) is 0 Å². The summed E-state index contributed by atoms with van der Waals surface area (Å²) in [5.41, 5.74) is 3.15. The topological polar surface area (TPSA) is 33.6 Å². The van der Waals surface area contributed by atoms with Gasteiger partial charge in [-0.25, -0.2) is 0 Å². The van der Waals surface area contributed by atoms with Gasteiger partial charge in [-0.15, -0.1) is 0 Å². The first-order valence-electron chi connectivity index (χ1n) is 7.05. The Hall–Kier alpha value is -1.84. The Morgan fingerprint density at radius 2 is 1.86 bits per heavy atom. The minimum absolute atomic E-state index is 0.0694. The van der Waals surface area contributed by atoms with Crippen molar-refractivity contribution >= 4 is 17.3 Å². The van der Waals surface area contributed by atoms with Crippen LogP contribution in [0.15, 0.2) is 59.8 Å². The molecule has 0 aliphatic carbocycles. The smallest absolute Gasteiger partial charge is 0.145 e. The van der Waals surface area contributed by atoms with Gasteiger partial charge >= 0.3 is 0 Å². The fraction of sp³-hybridized carbons (Fsp3) is 0.235. The number of nitrogens with one attached hydrogen (secondary N) is 1. The monoisotopic (exact) mass is 300 g/mol. The molecule has 0 radical (unpaired) electrons. The third kappa shape index (κ3) is 3.63. The average molecular weight is 301 g/mol. The highest BCUT2D eigenvalue weighted by molar-refractivity contribution is 6.34. The van der Waals surface area contributed by atoms with Crippen molar-refractivity contribution in [2.45, 2.75) is 19.1 Å². The minimum Gasteiger partial charge on any atom is -0.390 e. The van der Waals surface area contributed by atoms with E-state index >= 15 is 0 Å². The molecule has 21 heavy (non-hydrogen) atoms. The summed E-state index contributed by atoms with van der Waals surface area (Å²) >= 11 is 6.18. The molecule has 1 aliphatic rings. The molecular weight excluding hydrogens is 284 g/mol. The highest BCUT2D eigenvalue weighted by Crippen LogP contribution is 2.22. The number of halogens is 1. The van der Waals surface area contributed by atoms with Gasteiger partial charge in [-0.2, -0.15) is 0 Å². The van der Waals surface area contributed by atoms with Crippen molar-refractivity contribution in [1.82, 2.24) is 5.32 Å². The standard InChI is InChI=1S/C17H17ClN2O/c18-16-9-5-4-8-15(16)17-10-14(21-20-17)12-19-11-13-6-2-1-3-7-13/h1-9,14,19H,10-12H2/t14-/m1/s1. The third-order valence-corrected chi connectivity index (χ3v) is 3.79. The molecule has 2 aromatic rings. The molecule has 1 atom stereocenters. The Bertz CT molecular complexity index is 628. The second-order valence-corrected chi connectivity index (χ2v) is 5.47. The van der Waals surface area contributed by atoms with E-state index in [0.29, 0.717) is 0 Å². The summed E-state index contributed by atoms with van der Waals surface area (Å²) in [7, 11) is 0. The van der Waals surface area contributed by atoms with Crippen LogP contribution < -0.4 is 5.32 Å². The number of benzene rings is 2. The van der Waals surface area contributed by atoms with Crippen LogP contribution in [0.4, 0.5) is 0 Å². The lowest BCUT2D eigenvalue weighted by atomic mass is 10.0. The van der Waals surface area contributed by atoms with Crippen LogP contribution in [0, 0.1) is 0 Å². The van der Waals surface area contributed by atoms with Gasteiger partial charge in [0.05, 0.1) is 5.71 Å². The molecular formula is C17H17ClN2O. The van der Waals surface area contributed by atoms with Gasteiger partial charge in [0.15, 0.2) is 0 Å². The molecule has 0 saturated heterocycles. The molecule has 1 heterocycles. The summed E-state index contributed by atoms with van der Waals surface area (Å²) in [6.07, 6.45) is 0.853. The van der Waals surface area contributed by atoms with E-state index in [9.17, 15) is 0 Å². The lowest BCUT2D eigenvalue weighted by molar-refractivity contribution is 0.0848. The number of rotatable bonds is 5. The van der Waals surface area contributed by atoms with E-state index in [4.69, 9.17) is 16.4 Å². The SMILES string of the molecule is Clc1ccccc1C1=NO[C@@H](CNCc2ccccc2)C1. The minimum atomic E-state index is 0.0694. The molecule has 4 heteroatoms. The maximum atomic E-state index is 6.18. The van der Waals surface area contributed by atoms with Crippen molar-refractivity contribution in [3.63, 3.8) is 0 Å². The molecule has 0 saturated carbocycles. The van der Waals surface area contributed by atoms with Crippen LogP contribution in [0.2, 0.25) is 5.02 Å². The number of hydrogen-bond donors (Lipinski definition) is 1. The van der Waals surface area contributed by atoms with Gasteiger partial charge < -0.3 is 10.2 Å². The van der Waals surface area contributed by atoms with Crippen LogP contribution in [0.5, 0.6) is 0 Å². The molecule has 1 N–H and O–H groups in total. The Morgan fingerprint density at radius 1 is 1.10 bits per heavy atom. The van der Waals surface area contributed by atoms with E-state index in [1.165, 1.54) is 5.56 Å². The quantitative estimate of drug-likeness (QED) is 0.915. The van der Waals surface area contributed by atoms with Gasteiger partial charge in [0.2, 0.25) is 0 Å². The molecule has 2 aromatic carbocycles. The lowest BCUT2D eigenvalue weighted by Gasteiger charge is -2.09. The Morgan fingerprint density at radius 3 is 2.67 bits per heavy atom. The summed E-state index contributed by atoms with van der Waals surface area (Å²) in [6.45, 7) is 1.61. The fourth-order valence-corrected chi connectivity index (χ4v) is 2.61. The Kier molecular flexibility index (Phi) is 4.53. The highest BCUT2D eigenvalue weighted by atomic mass is 35.5. The molecule has 0 bridgehead atoms. The van der Waals surface area contributed by atoms with E-state index < -0.39 is 0 Å². The van der Waals surface area contributed by atoms with Crippen molar-refractivity contribution in [2.75, 3.05) is 6.54 Å². The van der Waals surface area contributed by atoms with Gasteiger partial charge in [-0.1, -0.05) is 65.3 Å². The van der Waals surface area contributed by atoms with Gasteiger partial charge in [0.1, 0.15) is 6.10 Å². The second kappa shape index (κ2) is 6.74. The normalized spacial score (nSPS) is 17.4. The lowest BCUT2D eigenvalue weighted by Crippen LogP contribution is -2.26. The number of oxime groups is 1. The number of hydrogen-bond acceptors (Lipinski definition) is 3. The Labute approximate surface area is 129 Å². The third-order valence-electron chi connectivity index (χ3n) is 3.46. The molecule has 0 unspecified atom stereocenters. The zero-order valence-corrected chi connectivity index (χ0v) is 12.4. The van der Waals surface area contributed by atoms with Crippen LogP contribution in [0.3, 0.4) is 0 Å². The van der Waals surface area contributed by atoms with Gasteiger partial charge in [0, 0.05) is 30.1 Å². The second-order valence-electron chi connectivity index (χ2n) is 5.07. The summed E-state index contributed by atoms with van der Waals surface area (Å²) < 4.78 is 0. The van der Waals surface area contributed by atoms with E-state index in [0.717, 1.165) is 35.8 Å². The van der Waals surface area contributed by atoms with Crippen molar-refractivity contribution in [3.8, 4) is 0 Å². The molecule has 0 amide bonds. The maximum Gasteiger partial charge on any atom is 0.145 e. The first-order valence-corrected chi connectivity index (χ1v) is 7.43. The van der Waals surface area contributed by atoms with E-state index in [1.807, 2.05) is 42.5 Å². The highest BCUT2D eigenvalue weighted by Gasteiger charge is 2.22. The van der Waals surface area contributed by atoms with Crippen molar-refractivity contribution in [1.29, 1.82) is 0 Å². The first kappa shape index (κ1) is 14.1. The van der Waals surface area contributed by atoms with Crippen LogP contribution in [-0.4, -0.2) is 18.4 Å². The van der Waals surface area contributed by atoms with Crippen LogP contribution in [0.1, 0.15) is 17.5 Å². The predicted molar refractivity (Wildman–Crippen MR) is 85.6 cm³/mol. The summed E-state index contributed by atoms with van der Waals surface area (Å²) in [5.74, 6) is 0. The van der Waals surface area contributed by atoms with Crippen LogP contribution in [-0.2, 0) is 11.4 Å². The molecule has 0 aromatic heterocycles. The van der Waals surface area contributed by atoms with E-state index in [2.05, 4.69) is 22.6 Å². The molecule has 3 nitrogen and oxygen atoms in total. The fourth-order valence-electron chi connectivity index (χ4n) is 2.37. The van der Waals surface area contributed by atoms with Crippen molar-refractivity contribution in [2.24, 2.45) is 5.16 Å². The van der Waals surface area contributed by atoms with E-state index in [1.54, 1.807) is 0 Å². The first-order chi connectivity index (χ1) is 10.3.